The second-order valence-corrected chi connectivity index (χ2v) is 8.72. The molecule has 1 aliphatic heterocycles. The molecule has 0 aromatic heterocycles. The van der Waals surface area contributed by atoms with Gasteiger partial charge in [0, 0.05) is 24.9 Å². The highest BCUT2D eigenvalue weighted by Crippen LogP contribution is 2.22. The zero-order chi connectivity index (χ0) is 18.8. The van der Waals surface area contributed by atoms with Crippen LogP contribution in [0.5, 0.6) is 0 Å². The quantitative estimate of drug-likeness (QED) is 0.696. The zero-order valence-corrected chi connectivity index (χ0v) is 16.6. The lowest BCUT2D eigenvalue weighted by Crippen LogP contribution is -2.44. The van der Waals surface area contributed by atoms with Gasteiger partial charge in [-0.1, -0.05) is 24.3 Å². The number of hydrogen-bond acceptors (Lipinski definition) is 5. The van der Waals surface area contributed by atoms with Gasteiger partial charge in [-0.3, -0.25) is 4.79 Å². The van der Waals surface area contributed by atoms with Crippen LogP contribution in [-0.4, -0.2) is 50.9 Å². The minimum Gasteiger partial charge on any atom is -0.387 e. The summed E-state index contributed by atoms with van der Waals surface area (Å²) in [5.41, 5.74) is 1.39. The van der Waals surface area contributed by atoms with E-state index in [2.05, 4.69) is 10.6 Å². The molecule has 27 heavy (non-hydrogen) atoms. The van der Waals surface area contributed by atoms with Crippen LogP contribution in [0.15, 0.2) is 53.4 Å². The molecule has 3 N–H and O–H groups in total. The van der Waals surface area contributed by atoms with Gasteiger partial charge in [0.2, 0.25) is 0 Å². The summed E-state index contributed by atoms with van der Waals surface area (Å²) in [5.74, 6) is -0.232. The van der Waals surface area contributed by atoms with Crippen molar-refractivity contribution in [2.45, 2.75) is 16.9 Å². The van der Waals surface area contributed by atoms with Gasteiger partial charge in [0.1, 0.15) is 0 Å². The first-order valence-electron chi connectivity index (χ1n) is 8.39. The van der Waals surface area contributed by atoms with Gasteiger partial charge in [0.25, 0.3) is 5.91 Å². The van der Waals surface area contributed by atoms with E-state index in [1.165, 1.54) is 6.26 Å². The van der Waals surface area contributed by atoms with Crippen molar-refractivity contribution < 1.29 is 18.3 Å². The molecular weight excluding hydrogens is 388 g/mol. The summed E-state index contributed by atoms with van der Waals surface area (Å²) in [5, 5.41) is 16.1. The Morgan fingerprint density at radius 2 is 1.67 bits per heavy atom. The number of nitrogens with one attached hydrogen (secondary N) is 2. The number of aliphatic hydroxyl groups is 1. The van der Waals surface area contributed by atoms with Gasteiger partial charge < -0.3 is 15.7 Å². The Kier molecular flexibility index (Phi) is 6.64. The predicted molar refractivity (Wildman–Crippen MR) is 107 cm³/mol. The second-order valence-electron chi connectivity index (χ2n) is 6.71. The summed E-state index contributed by atoms with van der Waals surface area (Å²) in [6.07, 6.45) is 1.79. The smallest absolute Gasteiger partial charge is 0.251 e. The van der Waals surface area contributed by atoms with E-state index in [1.54, 1.807) is 36.4 Å². The summed E-state index contributed by atoms with van der Waals surface area (Å²) in [4.78, 5) is 12.5. The van der Waals surface area contributed by atoms with Gasteiger partial charge in [-0.05, 0) is 48.4 Å². The summed E-state index contributed by atoms with van der Waals surface area (Å²) in [6.45, 7) is 1.45. The average Bonchev–Trinajstić information content (AvgIpc) is 3.06. The number of benzene rings is 2. The van der Waals surface area contributed by atoms with Crippen LogP contribution < -0.4 is 10.6 Å². The number of sulfone groups is 1. The molecule has 1 atom stereocenters. The van der Waals surface area contributed by atoms with Crippen LogP contribution in [0.25, 0.3) is 11.1 Å². The summed E-state index contributed by atoms with van der Waals surface area (Å²) in [7, 11) is -3.22. The van der Waals surface area contributed by atoms with Crippen LogP contribution >= 0.6 is 12.4 Å². The third-order valence-corrected chi connectivity index (χ3v) is 5.69. The molecule has 1 saturated heterocycles. The molecule has 1 amide bonds. The van der Waals surface area contributed by atoms with Crippen LogP contribution in [-0.2, 0) is 9.84 Å². The maximum atomic E-state index is 12.2. The Hall–Kier alpha value is -1.93. The van der Waals surface area contributed by atoms with Gasteiger partial charge >= 0.3 is 0 Å². The third kappa shape index (κ3) is 5.29. The number of carbonyl (C=O) groups is 1. The van der Waals surface area contributed by atoms with Crippen molar-refractivity contribution in [3.05, 3.63) is 54.1 Å². The average molecular weight is 411 g/mol. The first-order chi connectivity index (χ1) is 12.3. The lowest BCUT2D eigenvalue weighted by Gasteiger charge is -2.21. The van der Waals surface area contributed by atoms with Crippen molar-refractivity contribution in [2.24, 2.45) is 0 Å². The van der Waals surface area contributed by atoms with Crippen molar-refractivity contribution in [3.8, 4) is 11.1 Å². The van der Waals surface area contributed by atoms with Gasteiger partial charge in [0.05, 0.1) is 10.5 Å². The van der Waals surface area contributed by atoms with E-state index in [0.717, 1.165) is 17.7 Å². The van der Waals surface area contributed by atoms with Crippen molar-refractivity contribution >= 4 is 28.2 Å². The van der Waals surface area contributed by atoms with Crippen LogP contribution in [0.3, 0.4) is 0 Å². The number of amides is 1. The summed E-state index contributed by atoms with van der Waals surface area (Å²) < 4.78 is 23.0. The van der Waals surface area contributed by atoms with Gasteiger partial charge in [-0.15, -0.1) is 12.4 Å². The standard InChI is InChI=1S/C19H22N2O4S.ClH/c1-26(24,25)17-8-6-15(7-9-17)14-2-4-16(5-3-14)18(22)21-13-19(23)10-11-20-12-19;/h2-9,20,23H,10-13H2,1H3,(H,21,22);1H. The van der Waals surface area contributed by atoms with Crippen molar-refractivity contribution in [3.63, 3.8) is 0 Å². The molecule has 1 aliphatic rings. The number of β-amino-alcohol motifs (C(OH)–C–C–N with tert-alkyl or cyclic N) is 1. The fourth-order valence-corrected chi connectivity index (χ4v) is 3.57. The third-order valence-electron chi connectivity index (χ3n) is 4.56. The first kappa shape index (κ1) is 21.4. The van der Waals surface area contributed by atoms with Crippen LogP contribution in [0.2, 0.25) is 0 Å². The minimum absolute atomic E-state index is 0. The molecule has 146 valence electrons. The minimum atomic E-state index is -3.22. The number of halogens is 1. The molecule has 0 saturated carbocycles. The molecule has 1 fully saturated rings. The van der Waals surface area contributed by atoms with E-state index >= 15 is 0 Å². The molecule has 0 radical (unpaired) electrons. The van der Waals surface area contributed by atoms with Crippen LogP contribution in [0, 0.1) is 0 Å². The Bertz CT molecular complexity index is 890. The molecule has 3 rings (SSSR count). The van der Waals surface area contributed by atoms with Crippen LogP contribution in [0.1, 0.15) is 16.8 Å². The Morgan fingerprint density at radius 3 is 2.15 bits per heavy atom. The fourth-order valence-electron chi connectivity index (χ4n) is 2.94. The summed E-state index contributed by atoms with van der Waals surface area (Å²) >= 11 is 0. The van der Waals surface area contributed by atoms with E-state index < -0.39 is 15.4 Å². The van der Waals surface area contributed by atoms with E-state index in [4.69, 9.17) is 0 Å². The fraction of sp³-hybridized carbons (Fsp3) is 0.316. The lowest BCUT2D eigenvalue weighted by atomic mass is 10.0. The van der Waals surface area contributed by atoms with Gasteiger partial charge in [0.15, 0.2) is 9.84 Å². The molecule has 1 heterocycles. The monoisotopic (exact) mass is 410 g/mol. The Morgan fingerprint density at radius 1 is 1.11 bits per heavy atom. The van der Waals surface area contributed by atoms with E-state index in [0.29, 0.717) is 18.5 Å². The van der Waals surface area contributed by atoms with Crippen molar-refractivity contribution in [2.75, 3.05) is 25.9 Å². The Labute approximate surface area is 165 Å². The highest BCUT2D eigenvalue weighted by molar-refractivity contribution is 7.90. The number of carbonyl (C=O) groups excluding carboxylic acids is 1. The highest BCUT2D eigenvalue weighted by Gasteiger charge is 2.31. The molecular formula is C19H23ClN2O4S. The van der Waals surface area contributed by atoms with Crippen molar-refractivity contribution in [1.29, 1.82) is 0 Å². The molecule has 0 bridgehead atoms. The largest absolute Gasteiger partial charge is 0.387 e. The number of rotatable bonds is 5. The van der Waals surface area contributed by atoms with Gasteiger partial charge in [-0.25, -0.2) is 8.42 Å². The summed E-state index contributed by atoms with van der Waals surface area (Å²) in [6, 6.07) is 13.7. The maximum Gasteiger partial charge on any atom is 0.251 e. The normalized spacial score (nSPS) is 19.3. The van der Waals surface area contributed by atoms with Crippen molar-refractivity contribution in [1.82, 2.24) is 10.6 Å². The molecule has 0 aliphatic carbocycles. The topological polar surface area (TPSA) is 95.5 Å². The molecule has 8 heteroatoms. The van der Waals surface area contributed by atoms with E-state index in [9.17, 15) is 18.3 Å². The van der Waals surface area contributed by atoms with E-state index in [-0.39, 0.29) is 29.8 Å². The molecule has 2 aromatic rings. The second kappa shape index (κ2) is 8.39. The lowest BCUT2D eigenvalue weighted by molar-refractivity contribution is 0.0562. The Balaban J connectivity index is 0.00000261. The predicted octanol–water partition coefficient (Wildman–Crippen LogP) is 1.63. The van der Waals surface area contributed by atoms with Crippen LogP contribution in [0.4, 0.5) is 0 Å². The molecule has 0 spiro atoms. The van der Waals surface area contributed by atoms with E-state index in [1.807, 2.05) is 12.1 Å². The number of hydrogen-bond donors (Lipinski definition) is 3. The van der Waals surface area contributed by atoms with Gasteiger partial charge in [-0.2, -0.15) is 0 Å². The first-order valence-corrected chi connectivity index (χ1v) is 10.3. The molecule has 1 unspecified atom stereocenters. The molecule has 6 nitrogen and oxygen atoms in total. The molecule has 2 aromatic carbocycles. The zero-order valence-electron chi connectivity index (χ0n) is 14.9. The maximum absolute atomic E-state index is 12.2. The highest BCUT2D eigenvalue weighted by atomic mass is 35.5. The SMILES string of the molecule is CS(=O)(=O)c1ccc(-c2ccc(C(=O)NCC3(O)CCNC3)cc2)cc1.Cl.